The number of hydrogen-bond donors (Lipinski definition) is 2. The highest BCUT2D eigenvalue weighted by Crippen LogP contribution is 2.28. The first kappa shape index (κ1) is 16.7. The summed E-state index contributed by atoms with van der Waals surface area (Å²) < 4.78 is 30.0. The minimum absolute atomic E-state index is 0.209. The van der Waals surface area contributed by atoms with Gasteiger partial charge in [-0.15, -0.1) is 0 Å². The van der Waals surface area contributed by atoms with Gasteiger partial charge in [-0.05, 0) is 30.5 Å². The van der Waals surface area contributed by atoms with Crippen LogP contribution in [0, 0.1) is 0 Å². The summed E-state index contributed by atoms with van der Waals surface area (Å²) in [6.45, 7) is 2.50. The molecule has 3 N–H and O–H groups in total. The quantitative estimate of drug-likeness (QED) is 0.820. The second-order valence-electron chi connectivity index (χ2n) is 6.08. The molecule has 8 heteroatoms. The first-order chi connectivity index (χ1) is 10.9. The number of rotatable bonds is 3. The van der Waals surface area contributed by atoms with Crippen LogP contribution in [0.25, 0.3) is 0 Å². The van der Waals surface area contributed by atoms with Gasteiger partial charge in [0.05, 0.1) is 18.8 Å². The Morgan fingerprint density at radius 3 is 2.65 bits per heavy atom. The molecule has 3 rings (SSSR count). The molecule has 0 spiro atoms. The van der Waals surface area contributed by atoms with E-state index in [1.807, 2.05) is 24.3 Å². The number of aliphatic hydroxyl groups excluding tert-OH is 1. The largest absolute Gasteiger partial charge is 0.393 e. The normalized spacial score (nSPS) is 24.8. The van der Waals surface area contributed by atoms with Gasteiger partial charge >= 0.3 is 0 Å². The second-order valence-corrected chi connectivity index (χ2v) is 7.62. The molecule has 0 amide bonds. The molecule has 0 aromatic heterocycles. The average Bonchev–Trinajstić information content (AvgIpc) is 2.55. The molecule has 2 aliphatic heterocycles. The van der Waals surface area contributed by atoms with E-state index in [-0.39, 0.29) is 18.8 Å². The van der Waals surface area contributed by atoms with E-state index < -0.39 is 10.2 Å². The van der Waals surface area contributed by atoms with Gasteiger partial charge in [-0.2, -0.15) is 12.7 Å². The lowest BCUT2D eigenvalue weighted by molar-refractivity contribution is -0.00253. The molecule has 2 saturated heterocycles. The van der Waals surface area contributed by atoms with Gasteiger partial charge in [-0.1, -0.05) is 12.1 Å². The minimum Gasteiger partial charge on any atom is -0.393 e. The Hall–Kier alpha value is -1.19. The van der Waals surface area contributed by atoms with Gasteiger partial charge in [-0.25, -0.2) is 5.14 Å². The summed E-state index contributed by atoms with van der Waals surface area (Å²) in [5.41, 5.74) is 2.02. The van der Waals surface area contributed by atoms with Crippen molar-refractivity contribution in [3.63, 3.8) is 0 Å². The molecule has 1 aromatic rings. The van der Waals surface area contributed by atoms with Crippen molar-refractivity contribution in [2.45, 2.75) is 25.0 Å². The predicted octanol–water partition coefficient (Wildman–Crippen LogP) is 0.225. The fourth-order valence-electron chi connectivity index (χ4n) is 3.10. The Bertz CT molecular complexity index is 644. The molecular formula is C15H23N3O4S. The number of hydrogen-bond acceptors (Lipinski definition) is 5. The van der Waals surface area contributed by atoms with E-state index in [1.165, 1.54) is 4.31 Å². The van der Waals surface area contributed by atoms with Gasteiger partial charge in [0.2, 0.25) is 0 Å². The van der Waals surface area contributed by atoms with Crippen LogP contribution in [0.15, 0.2) is 24.3 Å². The van der Waals surface area contributed by atoms with Crippen molar-refractivity contribution >= 4 is 15.9 Å². The molecule has 128 valence electrons. The van der Waals surface area contributed by atoms with Crippen molar-refractivity contribution in [2.75, 3.05) is 37.7 Å². The number of ether oxygens (including phenoxy) is 1. The van der Waals surface area contributed by atoms with Crippen molar-refractivity contribution < 1.29 is 18.3 Å². The van der Waals surface area contributed by atoms with Crippen molar-refractivity contribution in [3.05, 3.63) is 29.8 Å². The van der Waals surface area contributed by atoms with Crippen molar-refractivity contribution in [1.29, 1.82) is 0 Å². The van der Waals surface area contributed by atoms with Crippen molar-refractivity contribution in [1.82, 2.24) is 4.31 Å². The molecule has 7 nitrogen and oxygen atoms in total. The number of nitrogens with zero attached hydrogens (tertiary/aromatic N) is 2. The summed E-state index contributed by atoms with van der Waals surface area (Å²) in [5.74, 6) is 0. The summed E-state index contributed by atoms with van der Waals surface area (Å²) in [4.78, 5) is 2.23. The predicted molar refractivity (Wildman–Crippen MR) is 87.3 cm³/mol. The molecule has 1 aromatic carbocycles. The van der Waals surface area contributed by atoms with Gasteiger partial charge < -0.3 is 14.7 Å². The molecule has 0 radical (unpaired) electrons. The number of anilines is 1. The lowest BCUT2D eigenvalue weighted by Crippen LogP contribution is -2.45. The fraction of sp³-hybridized carbons (Fsp3) is 0.600. The maximum atomic E-state index is 11.5. The number of benzene rings is 1. The number of nitrogens with two attached hydrogens (primary N) is 1. The second kappa shape index (κ2) is 6.74. The molecule has 2 aliphatic rings. The Kier molecular flexibility index (Phi) is 4.88. The van der Waals surface area contributed by atoms with Crippen LogP contribution < -0.4 is 10.0 Å². The van der Waals surface area contributed by atoms with Gasteiger partial charge in [0.25, 0.3) is 10.2 Å². The molecule has 1 unspecified atom stereocenters. The number of aliphatic hydroxyl groups is 1. The van der Waals surface area contributed by atoms with E-state index in [1.54, 1.807) is 0 Å². The molecule has 2 fully saturated rings. The maximum absolute atomic E-state index is 11.5. The van der Waals surface area contributed by atoms with Crippen LogP contribution >= 0.6 is 0 Å². The van der Waals surface area contributed by atoms with Crippen molar-refractivity contribution in [3.8, 4) is 0 Å². The summed E-state index contributed by atoms with van der Waals surface area (Å²) in [5, 5.41) is 14.8. The minimum atomic E-state index is -3.69. The Labute approximate surface area is 136 Å². The third-order valence-corrected chi connectivity index (χ3v) is 5.51. The Morgan fingerprint density at radius 1 is 1.22 bits per heavy atom. The van der Waals surface area contributed by atoms with Crippen LogP contribution in [0.2, 0.25) is 0 Å². The summed E-state index contributed by atoms with van der Waals surface area (Å²) in [7, 11) is -3.69. The lowest BCUT2D eigenvalue weighted by atomic mass is 10.0. The smallest absolute Gasteiger partial charge is 0.277 e. The van der Waals surface area contributed by atoms with Crippen LogP contribution in [0.3, 0.4) is 0 Å². The zero-order valence-electron chi connectivity index (χ0n) is 13.0. The van der Waals surface area contributed by atoms with Crippen LogP contribution in [0.4, 0.5) is 5.69 Å². The van der Waals surface area contributed by atoms with E-state index in [9.17, 15) is 13.5 Å². The topological polar surface area (TPSA) is 96.1 Å². The molecular weight excluding hydrogens is 318 g/mol. The van der Waals surface area contributed by atoms with Gasteiger partial charge in [0.15, 0.2) is 0 Å². The average molecular weight is 341 g/mol. The van der Waals surface area contributed by atoms with Gasteiger partial charge in [0.1, 0.15) is 0 Å². The lowest BCUT2D eigenvalue weighted by Gasteiger charge is -2.33. The van der Waals surface area contributed by atoms with E-state index in [0.717, 1.165) is 37.2 Å². The van der Waals surface area contributed by atoms with Crippen LogP contribution in [0.5, 0.6) is 0 Å². The zero-order valence-corrected chi connectivity index (χ0v) is 13.8. The Balaban J connectivity index is 1.74. The van der Waals surface area contributed by atoms with Gasteiger partial charge in [-0.3, -0.25) is 0 Å². The van der Waals surface area contributed by atoms with E-state index in [2.05, 4.69) is 4.90 Å². The first-order valence-electron chi connectivity index (χ1n) is 7.86. The van der Waals surface area contributed by atoms with Crippen molar-refractivity contribution in [2.24, 2.45) is 5.14 Å². The molecule has 2 heterocycles. The summed E-state index contributed by atoms with van der Waals surface area (Å²) >= 11 is 0. The molecule has 0 bridgehead atoms. The van der Waals surface area contributed by atoms with Crippen LogP contribution in [-0.2, 0) is 14.9 Å². The highest BCUT2D eigenvalue weighted by molar-refractivity contribution is 7.86. The summed E-state index contributed by atoms with van der Waals surface area (Å²) in [6, 6.07) is 7.96. The highest BCUT2D eigenvalue weighted by atomic mass is 32.2. The zero-order chi connectivity index (χ0) is 16.4. The molecule has 1 atom stereocenters. The number of morpholine rings is 1. The first-order valence-corrected chi connectivity index (χ1v) is 9.36. The Morgan fingerprint density at radius 2 is 1.96 bits per heavy atom. The van der Waals surface area contributed by atoms with E-state index in [4.69, 9.17) is 9.88 Å². The van der Waals surface area contributed by atoms with E-state index in [0.29, 0.717) is 13.2 Å². The third-order valence-electron chi connectivity index (χ3n) is 4.46. The fourth-order valence-corrected chi connectivity index (χ4v) is 3.78. The van der Waals surface area contributed by atoms with Crippen LogP contribution in [0.1, 0.15) is 24.5 Å². The monoisotopic (exact) mass is 341 g/mol. The molecule has 0 aliphatic carbocycles. The van der Waals surface area contributed by atoms with Gasteiger partial charge in [0, 0.05) is 31.9 Å². The third kappa shape index (κ3) is 4.02. The molecule has 0 saturated carbocycles. The SMILES string of the molecule is NS(=O)(=O)N1CCOC(c2cccc(N3CCC(O)CC3)c2)C1. The number of piperidine rings is 1. The van der Waals surface area contributed by atoms with E-state index >= 15 is 0 Å². The highest BCUT2D eigenvalue weighted by Gasteiger charge is 2.28. The van der Waals surface area contributed by atoms with Crippen LogP contribution in [-0.4, -0.2) is 56.7 Å². The summed E-state index contributed by atoms with van der Waals surface area (Å²) in [6.07, 6.45) is 1.02. The molecule has 23 heavy (non-hydrogen) atoms. The standard InChI is InChI=1S/C15H23N3O4S/c16-23(20,21)18-8-9-22-15(11-18)12-2-1-3-13(10-12)17-6-4-14(19)5-7-17/h1-3,10,14-15,19H,4-9,11H2,(H2,16,20,21). The maximum Gasteiger partial charge on any atom is 0.277 e.